The van der Waals surface area contributed by atoms with Gasteiger partial charge in [-0.15, -0.1) is 10.2 Å². The van der Waals surface area contributed by atoms with Gasteiger partial charge in [-0.2, -0.15) is 0 Å². The van der Waals surface area contributed by atoms with Gasteiger partial charge in [-0.25, -0.2) is 0 Å². The molecule has 0 saturated carbocycles. The predicted molar refractivity (Wildman–Crippen MR) is 131 cm³/mol. The van der Waals surface area contributed by atoms with Crippen molar-refractivity contribution in [2.75, 3.05) is 17.3 Å². The minimum Gasteiger partial charge on any atom is -0.489 e. The average molecular weight is 457 g/mol. The van der Waals surface area contributed by atoms with Gasteiger partial charge in [-0.3, -0.25) is 9.69 Å². The number of nitrogens with zero attached hydrogens (tertiary/aromatic N) is 4. The first-order chi connectivity index (χ1) is 16.1. The van der Waals surface area contributed by atoms with Crippen molar-refractivity contribution in [3.05, 3.63) is 90.0 Å². The van der Waals surface area contributed by atoms with E-state index in [2.05, 4.69) is 23.2 Å². The molecule has 33 heavy (non-hydrogen) atoms. The molecule has 0 radical (unpaired) electrons. The van der Waals surface area contributed by atoms with Gasteiger partial charge < -0.3 is 9.30 Å². The molecule has 0 aliphatic carbocycles. The summed E-state index contributed by atoms with van der Waals surface area (Å²) in [5, 5.41) is 9.44. The van der Waals surface area contributed by atoms with Gasteiger partial charge in [-0.05, 0) is 30.2 Å². The van der Waals surface area contributed by atoms with E-state index in [0.29, 0.717) is 11.8 Å². The molecule has 1 aromatic heterocycles. The number of thioether (sulfide) groups is 1. The molecule has 5 rings (SSSR count). The molecule has 2 heterocycles. The number of hydrogen-bond donors (Lipinski definition) is 0. The topological polar surface area (TPSA) is 60.3 Å². The van der Waals surface area contributed by atoms with Gasteiger partial charge in [0.25, 0.3) is 0 Å². The summed E-state index contributed by atoms with van der Waals surface area (Å²) in [5.41, 5.74) is 4.01. The minimum absolute atomic E-state index is 0.00467. The largest absolute Gasteiger partial charge is 0.489 e. The number of hydrogen-bond acceptors (Lipinski definition) is 5. The number of benzene rings is 3. The number of fused-ring (bicyclic) bond motifs is 1. The Morgan fingerprint density at radius 2 is 1.73 bits per heavy atom. The van der Waals surface area contributed by atoms with Gasteiger partial charge >= 0.3 is 0 Å². The molecule has 0 fully saturated rings. The van der Waals surface area contributed by atoms with Gasteiger partial charge in [0.05, 0.1) is 17.5 Å². The Kier molecular flexibility index (Phi) is 5.88. The van der Waals surface area contributed by atoms with Gasteiger partial charge in [0.2, 0.25) is 5.91 Å². The van der Waals surface area contributed by atoms with Crippen LogP contribution in [0.4, 0.5) is 5.69 Å². The van der Waals surface area contributed by atoms with E-state index in [1.807, 2.05) is 89.3 Å². The summed E-state index contributed by atoms with van der Waals surface area (Å²) < 4.78 is 7.94. The van der Waals surface area contributed by atoms with Crippen LogP contribution in [0.15, 0.2) is 84.0 Å². The number of rotatable bonds is 5. The highest BCUT2D eigenvalue weighted by molar-refractivity contribution is 7.99. The van der Waals surface area contributed by atoms with Crippen molar-refractivity contribution < 1.29 is 9.53 Å². The number of aryl methyl sites for hydroxylation is 1. The molecule has 7 heteroatoms. The maximum Gasteiger partial charge on any atom is 0.238 e. The Hall–Kier alpha value is -3.58. The molecule has 1 unspecified atom stereocenters. The summed E-state index contributed by atoms with van der Waals surface area (Å²) in [5.74, 6) is 1.77. The fourth-order valence-corrected chi connectivity index (χ4v) is 4.88. The summed E-state index contributed by atoms with van der Waals surface area (Å²) in [6.07, 6.45) is 0. The Bertz CT molecular complexity index is 1290. The quantitative estimate of drug-likeness (QED) is 0.393. The normalized spacial score (nSPS) is 15.1. The average Bonchev–Trinajstić information content (AvgIpc) is 3.22. The fraction of sp³-hybridized carbons (Fsp3) is 0.192. The Morgan fingerprint density at radius 3 is 2.55 bits per heavy atom. The van der Waals surface area contributed by atoms with Crippen LogP contribution in [-0.2, 0) is 11.8 Å². The Morgan fingerprint density at radius 1 is 1.00 bits per heavy atom. The van der Waals surface area contributed by atoms with E-state index in [9.17, 15) is 4.79 Å². The highest BCUT2D eigenvalue weighted by Crippen LogP contribution is 2.40. The van der Waals surface area contributed by atoms with E-state index in [1.165, 1.54) is 11.8 Å². The van der Waals surface area contributed by atoms with Gasteiger partial charge in [-0.1, -0.05) is 78.5 Å². The molecule has 166 valence electrons. The summed E-state index contributed by atoms with van der Waals surface area (Å²) in [4.78, 5) is 15.4. The molecule has 0 saturated heterocycles. The molecule has 3 aromatic carbocycles. The fourth-order valence-electron chi connectivity index (χ4n) is 4.11. The summed E-state index contributed by atoms with van der Waals surface area (Å²) in [6, 6.07) is 25.6. The van der Waals surface area contributed by atoms with E-state index >= 15 is 0 Å². The third kappa shape index (κ3) is 4.12. The second-order valence-electron chi connectivity index (χ2n) is 7.94. The van der Waals surface area contributed by atoms with Crippen molar-refractivity contribution in [3.63, 3.8) is 0 Å². The molecular weight excluding hydrogens is 432 g/mol. The number of ether oxygens (including phenoxy) is 1. The van der Waals surface area contributed by atoms with E-state index in [0.717, 1.165) is 34.0 Å². The van der Waals surface area contributed by atoms with Crippen LogP contribution < -0.4 is 9.64 Å². The van der Waals surface area contributed by atoms with Crippen molar-refractivity contribution in [1.29, 1.82) is 0 Å². The number of aromatic nitrogens is 3. The maximum absolute atomic E-state index is 13.6. The van der Waals surface area contributed by atoms with Gasteiger partial charge in [0.15, 0.2) is 11.0 Å². The van der Waals surface area contributed by atoms with Crippen LogP contribution in [0.1, 0.15) is 17.2 Å². The number of carbonyl (C=O) groups excluding carboxylic acids is 1. The van der Waals surface area contributed by atoms with Crippen molar-refractivity contribution in [3.8, 4) is 17.1 Å². The smallest absolute Gasteiger partial charge is 0.238 e. The third-order valence-corrected chi connectivity index (χ3v) is 6.84. The van der Waals surface area contributed by atoms with Crippen LogP contribution in [-0.4, -0.2) is 33.0 Å². The van der Waals surface area contributed by atoms with E-state index in [4.69, 9.17) is 4.74 Å². The minimum atomic E-state index is -0.184. The van der Waals surface area contributed by atoms with E-state index < -0.39 is 0 Å². The maximum atomic E-state index is 13.6. The first-order valence-electron chi connectivity index (χ1n) is 10.8. The molecule has 4 aromatic rings. The van der Waals surface area contributed by atoms with Crippen LogP contribution in [0.2, 0.25) is 0 Å². The molecule has 6 nitrogen and oxygen atoms in total. The second kappa shape index (κ2) is 9.11. The van der Waals surface area contributed by atoms with Crippen LogP contribution >= 0.6 is 11.8 Å². The standard InChI is InChI=1S/C26H24N4O2S/c1-18-10-6-7-13-20(18)25-27-28-26(29(25)2)33-17-24(31)30-21-14-8-9-15-23(21)32-16-22(30)19-11-4-3-5-12-19/h3-15,22H,16-17H2,1-2H3. The van der Waals surface area contributed by atoms with Gasteiger partial charge in [0.1, 0.15) is 12.4 Å². The van der Waals surface area contributed by atoms with Crippen LogP contribution in [0.25, 0.3) is 11.4 Å². The highest BCUT2D eigenvalue weighted by atomic mass is 32.2. The zero-order valence-corrected chi connectivity index (χ0v) is 19.3. The van der Waals surface area contributed by atoms with Crippen molar-refractivity contribution >= 4 is 23.4 Å². The number of carbonyl (C=O) groups is 1. The third-order valence-electron chi connectivity index (χ3n) is 5.83. The molecular formula is C26H24N4O2S. The predicted octanol–water partition coefficient (Wildman–Crippen LogP) is 5.05. The van der Waals surface area contributed by atoms with Gasteiger partial charge in [0, 0.05) is 12.6 Å². The molecule has 1 amide bonds. The first kappa shape index (κ1) is 21.3. The zero-order chi connectivity index (χ0) is 22.8. The van der Waals surface area contributed by atoms with Crippen molar-refractivity contribution in [2.45, 2.75) is 18.1 Å². The first-order valence-corrected chi connectivity index (χ1v) is 11.8. The lowest BCUT2D eigenvalue weighted by Crippen LogP contribution is -2.42. The van der Waals surface area contributed by atoms with E-state index in [-0.39, 0.29) is 17.7 Å². The highest BCUT2D eigenvalue weighted by Gasteiger charge is 2.33. The summed E-state index contributed by atoms with van der Waals surface area (Å²) >= 11 is 1.40. The lowest BCUT2D eigenvalue weighted by molar-refractivity contribution is -0.117. The van der Waals surface area contributed by atoms with E-state index in [1.54, 1.807) is 0 Å². The van der Waals surface area contributed by atoms with Crippen molar-refractivity contribution in [2.24, 2.45) is 7.05 Å². The molecule has 0 spiro atoms. The molecule has 1 aliphatic heterocycles. The van der Waals surface area contributed by atoms with Crippen LogP contribution in [0.5, 0.6) is 5.75 Å². The summed E-state index contributed by atoms with van der Waals surface area (Å²) in [7, 11) is 1.94. The number of anilines is 1. The van der Waals surface area contributed by atoms with Crippen molar-refractivity contribution in [1.82, 2.24) is 14.8 Å². The molecule has 0 N–H and O–H groups in total. The van der Waals surface area contributed by atoms with Crippen LogP contribution in [0, 0.1) is 6.92 Å². The monoisotopic (exact) mass is 456 g/mol. The molecule has 0 bridgehead atoms. The summed E-state index contributed by atoms with van der Waals surface area (Å²) in [6.45, 7) is 2.47. The molecule has 1 atom stereocenters. The Labute approximate surface area is 197 Å². The molecule has 1 aliphatic rings. The Balaban J connectivity index is 1.40. The van der Waals surface area contributed by atoms with Crippen LogP contribution in [0.3, 0.4) is 0 Å². The number of amides is 1. The lowest BCUT2D eigenvalue weighted by atomic mass is 10.0. The lowest BCUT2D eigenvalue weighted by Gasteiger charge is -2.37. The zero-order valence-electron chi connectivity index (χ0n) is 18.5. The second-order valence-corrected chi connectivity index (χ2v) is 8.88. The SMILES string of the molecule is Cc1ccccc1-c1nnc(SCC(=O)N2c3ccccc3OCC2c2ccccc2)n1C. The number of para-hydroxylation sites is 2.